The number of pyridine rings is 1. The maximum atomic E-state index is 13.8. The van der Waals surface area contributed by atoms with Gasteiger partial charge in [-0.3, -0.25) is 4.98 Å². The first-order valence-electron chi connectivity index (χ1n) is 6.71. The van der Waals surface area contributed by atoms with Gasteiger partial charge >= 0.3 is 0 Å². The molecule has 20 heavy (non-hydrogen) atoms. The number of nitrogens with two attached hydrogens (primary N) is 1. The molecule has 2 rings (SSSR count). The van der Waals surface area contributed by atoms with Crippen LogP contribution < -0.4 is 10.5 Å². The summed E-state index contributed by atoms with van der Waals surface area (Å²) in [6.45, 7) is 3.86. The number of rotatable bonds is 5. The number of benzene rings is 1. The predicted molar refractivity (Wildman–Crippen MR) is 77.0 cm³/mol. The lowest BCUT2D eigenvalue weighted by atomic mass is 10.1. The molecule has 0 amide bonds. The third-order valence-electron chi connectivity index (χ3n) is 3.18. The minimum atomic E-state index is -0.461. The fraction of sp³-hybridized carbons (Fsp3) is 0.312. The average molecular weight is 274 g/mol. The Kier molecular flexibility index (Phi) is 4.69. The molecule has 1 aromatic heterocycles. The molecule has 2 unspecified atom stereocenters. The molecular weight excluding hydrogens is 255 g/mol. The smallest absolute Gasteiger partial charge is 0.165 e. The van der Waals surface area contributed by atoms with E-state index in [1.165, 1.54) is 6.07 Å². The number of nitrogens with zero attached hydrogens (tertiary/aromatic N) is 1. The van der Waals surface area contributed by atoms with E-state index in [9.17, 15) is 4.39 Å². The van der Waals surface area contributed by atoms with E-state index in [0.717, 1.165) is 5.56 Å². The van der Waals surface area contributed by atoms with Crippen LogP contribution in [-0.2, 0) is 0 Å². The van der Waals surface area contributed by atoms with Gasteiger partial charge in [0.1, 0.15) is 0 Å². The number of ether oxygens (including phenoxy) is 1. The third kappa shape index (κ3) is 3.33. The number of aryl methyl sites for hydroxylation is 1. The number of hydrogen-bond acceptors (Lipinski definition) is 3. The fourth-order valence-corrected chi connectivity index (χ4v) is 1.96. The van der Waals surface area contributed by atoms with Crippen LogP contribution >= 0.6 is 0 Å². The highest BCUT2D eigenvalue weighted by molar-refractivity contribution is 5.30. The third-order valence-corrected chi connectivity index (χ3v) is 3.18. The standard InChI is InChI=1S/C16H19FN2O/c1-3-13(18)16(14-6-4-5-9-19-14)20-15-10-11(2)7-8-12(15)17/h4-10,13,16H,3,18H2,1-2H3. The van der Waals surface area contributed by atoms with Crippen molar-refractivity contribution in [1.82, 2.24) is 4.98 Å². The lowest BCUT2D eigenvalue weighted by molar-refractivity contribution is 0.159. The Hall–Kier alpha value is -1.94. The summed E-state index contributed by atoms with van der Waals surface area (Å²) in [5.74, 6) is -0.176. The van der Waals surface area contributed by atoms with Crippen molar-refractivity contribution in [2.75, 3.05) is 0 Å². The number of halogens is 1. The quantitative estimate of drug-likeness (QED) is 0.909. The van der Waals surface area contributed by atoms with Gasteiger partial charge in [-0.25, -0.2) is 4.39 Å². The second-order valence-electron chi connectivity index (χ2n) is 4.80. The Morgan fingerprint density at radius 2 is 2.10 bits per heavy atom. The zero-order chi connectivity index (χ0) is 14.5. The van der Waals surface area contributed by atoms with Crippen molar-refractivity contribution in [3.63, 3.8) is 0 Å². The lowest BCUT2D eigenvalue weighted by Crippen LogP contribution is -2.32. The summed E-state index contributed by atoms with van der Waals surface area (Å²) in [6.07, 6.45) is 1.94. The van der Waals surface area contributed by atoms with Crippen LogP contribution in [0.3, 0.4) is 0 Å². The second kappa shape index (κ2) is 6.48. The maximum Gasteiger partial charge on any atom is 0.165 e. The maximum absolute atomic E-state index is 13.8. The van der Waals surface area contributed by atoms with Crippen molar-refractivity contribution in [3.05, 3.63) is 59.7 Å². The van der Waals surface area contributed by atoms with Crippen molar-refractivity contribution in [3.8, 4) is 5.75 Å². The highest BCUT2D eigenvalue weighted by Crippen LogP contribution is 2.27. The molecular formula is C16H19FN2O. The highest BCUT2D eigenvalue weighted by Gasteiger charge is 2.23. The van der Waals surface area contributed by atoms with Crippen LogP contribution in [0, 0.1) is 12.7 Å². The average Bonchev–Trinajstić information content (AvgIpc) is 2.48. The molecule has 0 aliphatic carbocycles. The summed E-state index contributed by atoms with van der Waals surface area (Å²) >= 11 is 0. The Balaban J connectivity index is 2.31. The molecule has 0 aliphatic heterocycles. The van der Waals surface area contributed by atoms with Gasteiger partial charge in [0, 0.05) is 12.2 Å². The molecule has 0 saturated carbocycles. The Morgan fingerprint density at radius 1 is 1.30 bits per heavy atom. The SMILES string of the molecule is CCC(N)C(Oc1cc(C)ccc1F)c1ccccn1. The van der Waals surface area contributed by atoms with Gasteiger partial charge in [-0.1, -0.05) is 19.1 Å². The van der Waals surface area contributed by atoms with E-state index >= 15 is 0 Å². The van der Waals surface area contributed by atoms with Crippen LogP contribution in [-0.4, -0.2) is 11.0 Å². The molecule has 0 fully saturated rings. The predicted octanol–water partition coefficient (Wildman–Crippen LogP) is 3.39. The highest BCUT2D eigenvalue weighted by atomic mass is 19.1. The lowest BCUT2D eigenvalue weighted by Gasteiger charge is -2.24. The molecule has 106 valence electrons. The van der Waals surface area contributed by atoms with Gasteiger partial charge in [-0.2, -0.15) is 0 Å². The first kappa shape index (κ1) is 14.5. The molecule has 1 heterocycles. The first-order valence-corrected chi connectivity index (χ1v) is 6.71. The van der Waals surface area contributed by atoms with E-state index in [1.807, 2.05) is 32.0 Å². The summed E-state index contributed by atoms with van der Waals surface area (Å²) in [5.41, 5.74) is 7.74. The molecule has 2 N–H and O–H groups in total. The zero-order valence-electron chi connectivity index (χ0n) is 11.7. The van der Waals surface area contributed by atoms with Crippen LogP contribution in [0.2, 0.25) is 0 Å². The molecule has 0 saturated heterocycles. The van der Waals surface area contributed by atoms with E-state index in [-0.39, 0.29) is 17.6 Å². The summed E-state index contributed by atoms with van der Waals surface area (Å²) in [6, 6.07) is 10.1. The van der Waals surface area contributed by atoms with Gasteiger partial charge in [0.2, 0.25) is 0 Å². The van der Waals surface area contributed by atoms with Gasteiger partial charge in [-0.15, -0.1) is 0 Å². The zero-order valence-corrected chi connectivity index (χ0v) is 11.7. The van der Waals surface area contributed by atoms with Crippen LogP contribution in [0.15, 0.2) is 42.6 Å². The van der Waals surface area contributed by atoms with Crippen LogP contribution in [0.5, 0.6) is 5.75 Å². The molecule has 1 aromatic carbocycles. The second-order valence-corrected chi connectivity index (χ2v) is 4.80. The van der Waals surface area contributed by atoms with E-state index in [2.05, 4.69) is 4.98 Å². The van der Waals surface area contributed by atoms with Gasteiger partial charge < -0.3 is 10.5 Å². The summed E-state index contributed by atoms with van der Waals surface area (Å²) in [7, 11) is 0. The summed E-state index contributed by atoms with van der Waals surface area (Å²) in [5, 5.41) is 0. The van der Waals surface area contributed by atoms with Crippen molar-refractivity contribution >= 4 is 0 Å². The number of aromatic nitrogens is 1. The van der Waals surface area contributed by atoms with Crippen LogP contribution in [0.25, 0.3) is 0 Å². The molecule has 4 heteroatoms. The minimum absolute atomic E-state index is 0.213. The summed E-state index contributed by atoms with van der Waals surface area (Å²) in [4.78, 5) is 4.27. The Bertz CT molecular complexity index is 560. The van der Waals surface area contributed by atoms with Crippen molar-refractivity contribution in [2.24, 2.45) is 5.73 Å². The molecule has 2 atom stereocenters. The Labute approximate surface area is 118 Å². The van der Waals surface area contributed by atoms with E-state index in [1.54, 1.807) is 18.3 Å². The van der Waals surface area contributed by atoms with E-state index < -0.39 is 6.10 Å². The fourth-order valence-electron chi connectivity index (χ4n) is 1.96. The molecule has 0 bridgehead atoms. The largest absolute Gasteiger partial charge is 0.479 e. The molecule has 2 aromatic rings. The number of hydrogen-bond donors (Lipinski definition) is 1. The molecule has 0 spiro atoms. The van der Waals surface area contributed by atoms with Crippen molar-refractivity contribution < 1.29 is 9.13 Å². The van der Waals surface area contributed by atoms with E-state index in [4.69, 9.17) is 10.5 Å². The van der Waals surface area contributed by atoms with Gasteiger partial charge in [0.25, 0.3) is 0 Å². The van der Waals surface area contributed by atoms with Gasteiger partial charge in [0.05, 0.1) is 5.69 Å². The van der Waals surface area contributed by atoms with Crippen molar-refractivity contribution in [2.45, 2.75) is 32.4 Å². The van der Waals surface area contributed by atoms with Gasteiger partial charge in [0.15, 0.2) is 17.7 Å². The van der Waals surface area contributed by atoms with Crippen LogP contribution in [0.1, 0.15) is 30.7 Å². The molecule has 0 aliphatic rings. The molecule has 3 nitrogen and oxygen atoms in total. The van der Waals surface area contributed by atoms with Gasteiger partial charge in [-0.05, 0) is 43.2 Å². The monoisotopic (exact) mass is 274 g/mol. The summed E-state index contributed by atoms with van der Waals surface area (Å²) < 4.78 is 19.6. The Morgan fingerprint density at radius 3 is 2.75 bits per heavy atom. The van der Waals surface area contributed by atoms with Crippen LogP contribution in [0.4, 0.5) is 4.39 Å². The first-order chi connectivity index (χ1) is 9.61. The minimum Gasteiger partial charge on any atom is -0.479 e. The normalized spacial score (nSPS) is 13.8. The molecule has 0 radical (unpaired) electrons. The van der Waals surface area contributed by atoms with E-state index in [0.29, 0.717) is 12.1 Å². The van der Waals surface area contributed by atoms with Crippen molar-refractivity contribution in [1.29, 1.82) is 0 Å². The topological polar surface area (TPSA) is 48.1 Å².